The summed E-state index contributed by atoms with van der Waals surface area (Å²) >= 11 is 0. The molecule has 1 unspecified atom stereocenters. The van der Waals surface area contributed by atoms with Crippen LogP contribution in [0, 0.1) is 0 Å². The van der Waals surface area contributed by atoms with Gasteiger partial charge in [-0.05, 0) is 26.3 Å². The van der Waals surface area contributed by atoms with Gasteiger partial charge in [0.1, 0.15) is 18.3 Å². The minimum atomic E-state index is -3.00. The van der Waals surface area contributed by atoms with Crippen LogP contribution in [-0.2, 0) is 15.4 Å². The second-order valence-electron chi connectivity index (χ2n) is 6.45. The molecular formula is C16H21F2NO3. The first-order valence-electron chi connectivity index (χ1n) is 7.13. The van der Waals surface area contributed by atoms with E-state index in [1.165, 1.54) is 11.0 Å². The fourth-order valence-corrected chi connectivity index (χ4v) is 2.30. The number of nitrogens with zero attached hydrogens (tertiary/aromatic N) is 1. The smallest absolute Gasteiger partial charge is 0.410 e. The molecular weight excluding hydrogens is 292 g/mol. The summed E-state index contributed by atoms with van der Waals surface area (Å²) in [6, 6.07) is 6.27. The van der Waals surface area contributed by atoms with Crippen LogP contribution < -0.4 is 0 Å². The lowest BCUT2D eigenvalue weighted by molar-refractivity contribution is -0.128. The van der Waals surface area contributed by atoms with Crippen LogP contribution in [0.25, 0.3) is 0 Å². The number of amides is 1. The molecule has 1 amide bonds. The van der Waals surface area contributed by atoms with Crippen LogP contribution in [0.3, 0.4) is 0 Å². The normalized spacial score (nSPS) is 20.2. The fraction of sp³-hybridized carbons (Fsp3) is 0.562. The predicted octanol–water partition coefficient (Wildman–Crippen LogP) is 3.72. The summed E-state index contributed by atoms with van der Waals surface area (Å²) in [5.41, 5.74) is -0.234. The average molecular weight is 313 g/mol. The Morgan fingerprint density at radius 1 is 1.41 bits per heavy atom. The van der Waals surface area contributed by atoms with Crippen molar-refractivity contribution in [2.75, 3.05) is 20.2 Å². The molecule has 2 rings (SSSR count). The van der Waals surface area contributed by atoms with E-state index in [1.54, 1.807) is 46.0 Å². The van der Waals surface area contributed by atoms with Crippen molar-refractivity contribution in [3.05, 3.63) is 35.4 Å². The molecule has 122 valence electrons. The highest BCUT2D eigenvalue weighted by Gasteiger charge is 2.41. The van der Waals surface area contributed by atoms with E-state index in [0.717, 1.165) is 0 Å². The number of benzene rings is 1. The van der Waals surface area contributed by atoms with E-state index in [1.807, 2.05) is 0 Å². The number of rotatable bonds is 2. The molecule has 0 saturated heterocycles. The van der Waals surface area contributed by atoms with E-state index in [9.17, 15) is 13.6 Å². The van der Waals surface area contributed by atoms with Gasteiger partial charge in [0, 0.05) is 12.6 Å². The summed E-state index contributed by atoms with van der Waals surface area (Å²) in [4.78, 5) is 13.3. The molecule has 22 heavy (non-hydrogen) atoms. The van der Waals surface area contributed by atoms with E-state index in [0.29, 0.717) is 5.56 Å². The molecule has 0 fully saturated rings. The van der Waals surface area contributed by atoms with Gasteiger partial charge in [-0.3, -0.25) is 0 Å². The Morgan fingerprint density at radius 3 is 2.68 bits per heavy atom. The maximum absolute atomic E-state index is 13.9. The lowest BCUT2D eigenvalue weighted by atomic mass is 9.95. The van der Waals surface area contributed by atoms with Crippen molar-refractivity contribution >= 4 is 6.09 Å². The Hall–Kier alpha value is -1.69. The molecule has 1 aliphatic rings. The summed E-state index contributed by atoms with van der Waals surface area (Å²) in [5, 5.41) is 0. The summed E-state index contributed by atoms with van der Waals surface area (Å²) < 4.78 is 38.2. The molecule has 4 nitrogen and oxygen atoms in total. The largest absolute Gasteiger partial charge is 0.444 e. The van der Waals surface area contributed by atoms with Crippen LogP contribution >= 0.6 is 0 Å². The van der Waals surface area contributed by atoms with Crippen LogP contribution in [0.2, 0.25) is 0 Å². The van der Waals surface area contributed by atoms with Crippen molar-refractivity contribution in [1.82, 2.24) is 4.90 Å². The number of alkyl halides is 2. The number of hydrogen-bond acceptors (Lipinski definition) is 3. The highest BCUT2D eigenvalue weighted by atomic mass is 19.3. The Bertz CT molecular complexity index is 555. The molecule has 1 aromatic rings. The molecule has 1 aliphatic heterocycles. The monoisotopic (exact) mass is 313 g/mol. The zero-order valence-corrected chi connectivity index (χ0v) is 13.2. The van der Waals surface area contributed by atoms with E-state index < -0.39 is 30.3 Å². The zero-order valence-electron chi connectivity index (χ0n) is 13.2. The number of carbonyl (C=O) groups is 1. The molecule has 0 radical (unpaired) electrons. The standard InChI is InChI=1S/C16H21F2NO3/c1-15(2,3)22-14(20)19(4)9-13-11-7-5-6-8-12(11)16(17,18)10-21-13/h5-8,13H,9-10H2,1-4H3. The Labute approximate surface area is 129 Å². The molecule has 0 bridgehead atoms. The van der Waals surface area contributed by atoms with E-state index in [-0.39, 0.29) is 12.1 Å². The van der Waals surface area contributed by atoms with E-state index in [2.05, 4.69) is 0 Å². The SMILES string of the molecule is CN(CC1OCC(F)(F)c2ccccc21)C(=O)OC(C)(C)C. The number of likely N-dealkylation sites (N-methyl/N-ethyl adjacent to an activating group) is 1. The molecule has 1 aromatic carbocycles. The van der Waals surface area contributed by atoms with Crippen molar-refractivity contribution in [2.24, 2.45) is 0 Å². The average Bonchev–Trinajstić information content (AvgIpc) is 2.40. The number of halogens is 2. The predicted molar refractivity (Wildman–Crippen MR) is 77.9 cm³/mol. The van der Waals surface area contributed by atoms with E-state index in [4.69, 9.17) is 9.47 Å². The minimum Gasteiger partial charge on any atom is -0.444 e. The number of carbonyl (C=O) groups excluding carboxylic acids is 1. The van der Waals surface area contributed by atoms with Crippen molar-refractivity contribution in [3.8, 4) is 0 Å². The van der Waals surface area contributed by atoms with Crippen LogP contribution in [0.15, 0.2) is 24.3 Å². The van der Waals surface area contributed by atoms with Crippen molar-refractivity contribution in [1.29, 1.82) is 0 Å². The molecule has 0 saturated carbocycles. The second kappa shape index (κ2) is 5.83. The van der Waals surface area contributed by atoms with Gasteiger partial charge >= 0.3 is 6.09 Å². The lowest BCUT2D eigenvalue weighted by Crippen LogP contribution is -2.39. The minimum absolute atomic E-state index is 0.0381. The van der Waals surface area contributed by atoms with Gasteiger partial charge in [-0.25, -0.2) is 4.79 Å². The summed E-state index contributed by atoms with van der Waals surface area (Å²) in [6.07, 6.45) is -1.10. The summed E-state index contributed by atoms with van der Waals surface area (Å²) in [7, 11) is 1.56. The van der Waals surface area contributed by atoms with Crippen molar-refractivity contribution in [3.63, 3.8) is 0 Å². The molecule has 1 heterocycles. The quantitative estimate of drug-likeness (QED) is 0.835. The Balaban J connectivity index is 2.13. The molecule has 0 aliphatic carbocycles. The topological polar surface area (TPSA) is 38.8 Å². The van der Waals surface area contributed by atoms with Gasteiger partial charge in [0.25, 0.3) is 5.92 Å². The van der Waals surface area contributed by atoms with E-state index >= 15 is 0 Å². The Kier molecular flexibility index (Phi) is 4.42. The zero-order chi connectivity index (χ0) is 16.5. The third-order valence-electron chi connectivity index (χ3n) is 3.31. The highest BCUT2D eigenvalue weighted by Crippen LogP contribution is 2.40. The first-order chi connectivity index (χ1) is 10.1. The van der Waals surface area contributed by atoms with Gasteiger partial charge < -0.3 is 14.4 Å². The molecule has 6 heteroatoms. The van der Waals surface area contributed by atoms with Gasteiger partial charge in [-0.2, -0.15) is 8.78 Å². The molecule has 0 aromatic heterocycles. The Morgan fingerprint density at radius 2 is 2.05 bits per heavy atom. The third-order valence-corrected chi connectivity index (χ3v) is 3.31. The van der Waals surface area contributed by atoms with Gasteiger partial charge in [-0.1, -0.05) is 24.3 Å². The maximum atomic E-state index is 13.9. The first kappa shape index (κ1) is 16.7. The van der Waals surface area contributed by atoms with Crippen LogP contribution in [0.5, 0.6) is 0 Å². The van der Waals surface area contributed by atoms with Gasteiger partial charge in [0.15, 0.2) is 0 Å². The summed E-state index contributed by atoms with van der Waals surface area (Å²) in [5.74, 6) is -3.00. The highest BCUT2D eigenvalue weighted by molar-refractivity contribution is 5.67. The fourth-order valence-electron chi connectivity index (χ4n) is 2.30. The second-order valence-corrected chi connectivity index (χ2v) is 6.45. The van der Waals surface area contributed by atoms with Crippen LogP contribution in [0.4, 0.5) is 13.6 Å². The molecule has 1 atom stereocenters. The van der Waals surface area contributed by atoms with Gasteiger partial charge in [0.05, 0.1) is 6.54 Å². The molecule has 0 spiro atoms. The molecule has 0 N–H and O–H groups in total. The van der Waals surface area contributed by atoms with Crippen molar-refractivity contribution in [2.45, 2.75) is 38.4 Å². The van der Waals surface area contributed by atoms with Crippen LogP contribution in [-0.4, -0.2) is 36.8 Å². The first-order valence-corrected chi connectivity index (χ1v) is 7.13. The maximum Gasteiger partial charge on any atom is 0.410 e. The lowest BCUT2D eigenvalue weighted by Gasteiger charge is -2.34. The van der Waals surface area contributed by atoms with Crippen molar-refractivity contribution < 1.29 is 23.0 Å². The third kappa shape index (κ3) is 3.74. The van der Waals surface area contributed by atoms with Crippen LogP contribution in [0.1, 0.15) is 38.0 Å². The van der Waals surface area contributed by atoms with Gasteiger partial charge in [-0.15, -0.1) is 0 Å². The number of hydrogen-bond donors (Lipinski definition) is 0. The van der Waals surface area contributed by atoms with Gasteiger partial charge in [0.2, 0.25) is 0 Å². The number of ether oxygens (including phenoxy) is 2. The number of fused-ring (bicyclic) bond motifs is 1. The summed E-state index contributed by atoms with van der Waals surface area (Å²) in [6.45, 7) is 4.78.